The number of anilines is 3. The molecule has 0 atom stereocenters. The minimum absolute atomic E-state index is 0.222. The third-order valence-corrected chi connectivity index (χ3v) is 3.35. The van der Waals surface area contributed by atoms with E-state index >= 15 is 0 Å². The quantitative estimate of drug-likeness (QED) is 0.644. The van der Waals surface area contributed by atoms with Gasteiger partial charge in [0.05, 0.1) is 0 Å². The summed E-state index contributed by atoms with van der Waals surface area (Å²) in [7, 11) is 1.81. The first kappa shape index (κ1) is 14.8. The van der Waals surface area contributed by atoms with Crippen LogP contribution in [0.1, 0.15) is 32.1 Å². The van der Waals surface area contributed by atoms with Gasteiger partial charge in [-0.2, -0.15) is 15.0 Å². The minimum Gasteiger partial charge on any atom is -0.396 e. The summed E-state index contributed by atoms with van der Waals surface area (Å²) < 4.78 is 0. The molecular weight excluding hydrogens is 256 g/mol. The molecule has 1 fully saturated rings. The lowest BCUT2D eigenvalue weighted by molar-refractivity contribution is 0.286. The summed E-state index contributed by atoms with van der Waals surface area (Å²) in [6, 6.07) is 0. The second-order valence-electron chi connectivity index (χ2n) is 4.94. The number of rotatable bonds is 7. The fraction of sp³-hybridized carbons (Fsp3) is 0.769. The predicted octanol–water partition coefficient (Wildman–Crippen LogP) is 1.09. The summed E-state index contributed by atoms with van der Waals surface area (Å²) in [5.41, 5.74) is 0. The molecule has 0 radical (unpaired) electrons. The van der Waals surface area contributed by atoms with Gasteiger partial charge in [0, 0.05) is 33.3 Å². The first-order chi connectivity index (χ1) is 9.83. The van der Waals surface area contributed by atoms with Gasteiger partial charge in [-0.05, 0) is 32.1 Å². The Balaban J connectivity index is 2.03. The highest BCUT2D eigenvalue weighted by Gasteiger charge is 2.15. The summed E-state index contributed by atoms with van der Waals surface area (Å²) in [6.45, 7) is 3.00. The van der Waals surface area contributed by atoms with Gasteiger partial charge in [0.1, 0.15) is 0 Å². The lowest BCUT2D eigenvalue weighted by Crippen LogP contribution is -2.31. The number of nitrogens with one attached hydrogen (secondary N) is 2. The predicted molar refractivity (Wildman–Crippen MR) is 80.2 cm³/mol. The van der Waals surface area contributed by atoms with Gasteiger partial charge in [-0.15, -0.1) is 0 Å². The van der Waals surface area contributed by atoms with Crippen molar-refractivity contribution in [2.45, 2.75) is 32.1 Å². The zero-order chi connectivity index (χ0) is 14.2. The average Bonchev–Trinajstić information content (AvgIpc) is 2.52. The van der Waals surface area contributed by atoms with Crippen LogP contribution in [-0.2, 0) is 0 Å². The maximum atomic E-state index is 8.77. The van der Waals surface area contributed by atoms with Crippen LogP contribution in [0.2, 0.25) is 0 Å². The number of aliphatic hydroxyl groups excluding tert-OH is 1. The Kier molecular flexibility index (Phi) is 5.79. The molecule has 2 rings (SSSR count). The van der Waals surface area contributed by atoms with Crippen molar-refractivity contribution in [1.82, 2.24) is 15.0 Å². The van der Waals surface area contributed by atoms with E-state index in [1.165, 1.54) is 19.3 Å². The lowest BCUT2D eigenvalue weighted by atomic mass is 10.1. The van der Waals surface area contributed by atoms with E-state index < -0.39 is 0 Å². The van der Waals surface area contributed by atoms with E-state index in [0.717, 1.165) is 38.4 Å². The van der Waals surface area contributed by atoms with Gasteiger partial charge in [0.15, 0.2) is 0 Å². The highest BCUT2D eigenvalue weighted by Crippen LogP contribution is 2.18. The number of unbranched alkanes of at least 4 members (excludes halogenated alkanes) is 1. The number of aliphatic hydroxyl groups is 1. The van der Waals surface area contributed by atoms with E-state index in [0.29, 0.717) is 11.9 Å². The fourth-order valence-corrected chi connectivity index (χ4v) is 2.23. The Hall–Kier alpha value is -1.63. The van der Waals surface area contributed by atoms with Crippen LogP contribution in [-0.4, -0.2) is 53.3 Å². The molecule has 1 aromatic heterocycles. The monoisotopic (exact) mass is 280 g/mol. The molecule has 0 bridgehead atoms. The molecule has 1 aliphatic rings. The lowest BCUT2D eigenvalue weighted by Gasteiger charge is -2.26. The van der Waals surface area contributed by atoms with Crippen LogP contribution in [0.25, 0.3) is 0 Å². The van der Waals surface area contributed by atoms with Crippen molar-refractivity contribution >= 4 is 17.8 Å². The van der Waals surface area contributed by atoms with E-state index in [2.05, 4.69) is 30.5 Å². The van der Waals surface area contributed by atoms with E-state index in [4.69, 9.17) is 5.11 Å². The molecule has 112 valence electrons. The van der Waals surface area contributed by atoms with Crippen molar-refractivity contribution in [1.29, 1.82) is 0 Å². The van der Waals surface area contributed by atoms with Gasteiger partial charge in [0.2, 0.25) is 17.8 Å². The molecule has 7 nitrogen and oxygen atoms in total. The number of hydrogen-bond acceptors (Lipinski definition) is 7. The largest absolute Gasteiger partial charge is 0.396 e. The highest BCUT2D eigenvalue weighted by atomic mass is 16.2. The van der Waals surface area contributed by atoms with Gasteiger partial charge in [-0.3, -0.25) is 0 Å². The summed E-state index contributed by atoms with van der Waals surface area (Å²) >= 11 is 0. The molecule has 2 heterocycles. The molecule has 0 spiro atoms. The van der Waals surface area contributed by atoms with Crippen molar-refractivity contribution in [3.05, 3.63) is 0 Å². The second kappa shape index (κ2) is 7.84. The molecular formula is C13H24N6O. The van der Waals surface area contributed by atoms with Crippen molar-refractivity contribution in [2.75, 3.05) is 48.8 Å². The van der Waals surface area contributed by atoms with E-state index in [9.17, 15) is 0 Å². The normalized spacial score (nSPS) is 15.2. The highest BCUT2D eigenvalue weighted by molar-refractivity contribution is 5.43. The van der Waals surface area contributed by atoms with Gasteiger partial charge >= 0.3 is 0 Å². The summed E-state index contributed by atoms with van der Waals surface area (Å²) in [5.74, 6) is 1.93. The van der Waals surface area contributed by atoms with Crippen LogP contribution < -0.4 is 15.5 Å². The van der Waals surface area contributed by atoms with Crippen molar-refractivity contribution < 1.29 is 5.11 Å². The van der Waals surface area contributed by atoms with Crippen LogP contribution in [0.15, 0.2) is 0 Å². The molecule has 0 saturated carbocycles. The maximum absolute atomic E-state index is 8.77. The fourth-order valence-electron chi connectivity index (χ4n) is 2.23. The third-order valence-electron chi connectivity index (χ3n) is 3.35. The zero-order valence-electron chi connectivity index (χ0n) is 12.1. The Labute approximate surface area is 119 Å². The van der Waals surface area contributed by atoms with E-state index in [1.807, 2.05) is 7.05 Å². The molecule has 1 aromatic rings. The van der Waals surface area contributed by atoms with E-state index in [-0.39, 0.29) is 6.61 Å². The maximum Gasteiger partial charge on any atom is 0.231 e. The van der Waals surface area contributed by atoms with Gasteiger partial charge in [0.25, 0.3) is 0 Å². The third kappa shape index (κ3) is 4.19. The first-order valence-electron chi connectivity index (χ1n) is 7.37. The number of nitrogens with zero attached hydrogens (tertiary/aromatic N) is 4. The summed E-state index contributed by atoms with van der Waals surface area (Å²) in [5, 5.41) is 14.9. The zero-order valence-corrected chi connectivity index (χ0v) is 12.1. The minimum atomic E-state index is 0.222. The molecule has 0 aromatic carbocycles. The molecule has 7 heteroatoms. The Morgan fingerprint density at radius 1 is 1.05 bits per heavy atom. The second-order valence-corrected chi connectivity index (χ2v) is 4.94. The molecule has 3 N–H and O–H groups in total. The van der Waals surface area contributed by atoms with Crippen molar-refractivity contribution in [3.63, 3.8) is 0 Å². The number of aromatic nitrogens is 3. The van der Waals surface area contributed by atoms with Gasteiger partial charge < -0.3 is 20.6 Å². The summed E-state index contributed by atoms with van der Waals surface area (Å²) in [4.78, 5) is 15.4. The SMILES string of the molecule is CNc1nc(NCCCCO)nc(N2CCCCC2)n1. The topological polar surface area (TPSA) is 86.2 Å². The van der Waals surface area contributed by atoms with Crippen molar-refractivity contribution in [3.8, 4) is 0 Å². The molecule has 0 aliphatic carbocycles. The molecule has 20 heavy (non-hydrogen) atoms. The number of hydrogen-bond donors (Lipinski definition) is 3. The molecule has 0 amide bonds. The molecule has 1 saturated heterocycles. The molecule has 0 unspecified atom stereocenters. The Morgan fingerprint density at radius 2 is 1.80 bits per heavy atom. The Morgan fingerprint density at radius 3 is 2.50 bits per heavy atom. The number of piperidine rings is 1. The van der Waals surface area contributed by atoms with Crippen LogP contribution >= 0.6 is 0 Å². The average molecular weight is 280 g/mol. The van der Waals surface area contributed by atoms with E-state index in [1.54, 1.807) is 0 Å². The van der Waals surface area contributed by atoms with Crippen LogP contribution in [0.5, 0.6) is 0 Å². The smallest absolute Gasteiger partial charge is 0.231 e. The van der Waals surface area contributed by atoms with Gasteiger partial charge in [-0.25, -0.2) is 0 Å². The Bertz CT molecular complexity index is 408. The van der Waals surface area contributed by atoms with Gasteiger partial charge in [-0.1, -0.05) is 0 Å². The van der Waals surface area contributed by atoms with Crippen LogP contribution in [0, 0.1) is 0 Å². The van der Waals surface area contributed by atoms with Crippen molar-refractivity contribution in [2.24, 2.45) is 0 Å². The van der Waals surface area contributed by atoms with Crippen LogP contribution in [0.3, 0.4) is 0 Å². The summed E-state index contributed by atoms with van der Waals surface area (Å²) in [6.07, 6.45) is 5.36. The van der Waals surface area contributed by atoms with Crippen LogP contribution in [0.4, 0.5) is 17.8 Å². The first-order valence-corrected chi connectivity index (χ1v) is 7.37. The standard InChI is InChI=1S/C13H24N6O/c1-14-11-16-12(15-7-3-6-10-20)18-13(17-11)19-8-4-2-5-9-19/h20H,2-10H2,1H3,(H2,14,15,16,17,18). The molecule has 1 aliphatic heterocycles.